The molecule has 2 N–H and O–H groups in total. The van der Waals surface area contributed by atoms with Gasteiger partial charge in [-0.1, -0.05) is 25.7 Å². The zero-order chi connectivity index (χ0) is 18.7. The number of carbonyl (C=O) groups is 2. The highest BCUT2D eigenvalue weighted by atomic mass is 16.6. The Hall–Kier alpha value is -1.30. The van der Waals surface area contributed by atoms with E-state index in [0.717, 1.165) is 25.7 Å². The Labute approximate surface area is 152 Å². The molecule has 0 heterocycles. The van der Waals surface area contributed by atoms with Crippen molar-refractivity contribution in [3.8, 4) is 0 Å². The summed E-state index contributed by atoms with van der Waals surface area (Å²) in [5.74, 6) is 0.0505. The molecule has 0 aromatic carbocycles. The average Bonchev–Trinajstić information content (AvgIpc) is 2.78. The number of amides is 2. The zero-order valence-electron chi connectivity index (χ0n) is 16.2. The third-order valence-corrected chi connectivity index (χ3v) is 4.41. The van der Waals surface area contributed by atoms with Crippen LogP contribution in [-0.4, -0.2) is 53.3 Å². The summed E-state index contributed by atoms with van der Waals surface area (Å²) in [6.07, 6.45) is 8.41. The number of ether oxygens (including phenoxy) is 1. The molecule has 0 unspecified atom stereocenters. The first-order valence-electron chi connectivity index (χ1n) is 9.70. The van der Waals surface area contributed by atoms with Crippen molar-refractivity contribution >= 4 is 12.0 Å². The monoisotopic (exact) mass is 356 g/mol. The van der Waals surface area contributed by atoms with Gasteiger partial charge in [-0.05, 0) is 46.5 Å². The lowest BCUT2D eigenvalue weighted by molar-refractivity contribution is -0.134. The molecule has 0 atom stereocenters. The van der Waals surface area contributed by atoms with Crippen molar-refractivity contribution in [1.29, 1.82) is 0 Å². The third-order valence-electron chi connectivity index (χ3n) is 4.41. The molecule has 25 heavy (non-hydrogen) atoms. The topological polar surface area (TPSA) is 78.9 Å². The van der Waals surface area contributed by atoms with Crippen molar-refractivity contribution in [2.24, 2.45) is 0 Å². The van der Waals surface area contributed by atoms with Crippen LogP contribution in [0, 0.1) is 0 Å². The van der Waals surface area contributed by atoms with Crippen molar-refractivity contribution in [1.82, 2.24) is 10.2 Å². The molecule has 1 aliphatic carbocycles. The highest BCUT2D eigenvalue weighted by molar-refractivity contribution is 5.76. The number of hydrogen-bond acceptors (Lipinski definition) is 4. The standard InChI is InChI=1S/C19H36N2O4/c1-19(2,3)25-18(24)20-13-8-9-14-21(17(23)12-15-22)16-10-6-4-5-7-11-16/h16,22H,4-15H2,1-3H3,(H,20,24). The maximum absolute atomic E-state index is 12.4. The predicted molar refractivity (Wildman–Crippen MR) is 98.4 cm³/mol. The number of alkyl carbamates (subject to hydrolysis) is 1. The Morgan fingerprint density at radius 1 is 1.12 bits per heavy atom. The number of nitrogens with one attached hydrogen (secondary N) is 1. The van der Waals surface area contributed by atoms with Gasteiger partial charge in [0, 0.05) is 25.6 Å². The lowest BCUT2D eigenvalue weighted by atomic mass is 10.1. The zero-order valence-corrected chi connectivity index (χ0v) is 16.2. The molecule has 0 aromatic rings. The smallest absolute Gasteiger partial charge is 0.407 e. The highest BCUT2D eigenvalue weighted by Gasteiger charge is 2.23. The number of hydrogen-bond donors (Lipinski definition) is 2. The van der Waals surface area contributed by atoms with Gasteiger partial charge in [0.25, 0.3) is 0 Å². The minimum Gasteiger partial charge on any atom is -0.444 e. The third kappa shape index (κ3) is 9.68. The molecule has 1 rings (SSSR count). The quantitative estimate of drug-likeness (QED) is 0.517. The molecule has 0 aromatic heterocycles. The van der Waals surface area contributed by atoms with Gasteiger partial charge in [0.1, 0.15) is 5.60 Å². The van der Waals surface area contributed by atoms with E-state index >= 15 is 0 Å². The summed E-state index contributed by atoms with van der Waals surface area (Å²) in [5.41, 5.74) is -0.489. The molecular weight excluding hydrogens is 320 g/mol. The van der Waals surface area contributed by atoms with E-state index in [2.05, 4.69) is 5.32 Å². The van der Waals surface area contributed by atoms with Gasteiger partial charge < -0.3 is 20.1 Å². The minimum atomic E-state index is -0.489. The molecule has 1 saturated carbocycles. The van der Waals surface area contributed by atoms with Crippen LogP contribution in [0.2, 0.25) is 0 Å². The Bertz CT molecular complexity index is 399. The molecule has 6 heteroatoms. The number of aliphatic hydroxyl groups excluding tert-OH is 1. The molecule has 1 aliphatic rings. The normalized spacial score (nSPS) is 16.2. The van der Waals surface area contributed by atoms with E-state index in [1.165, 1.54) is 25.7 Å². The summed E-state index contributed by atoms with van der Waals surface area (Å²) in [5, 5.41) is 11.8. The van der Waals surface area contributed by atoms with Crippen LogP contribution in [0.4, 0.5) is 4.79 Å². The van der Waals surface area contributed by atoms with Gasteiger partial charge in [0.05, 0.1) is 6.61 Å². The van der Waals surface area contributed by atoms with Gasteiger partial charge in [-0.2, -0.15) is 0 Å². The second-order valence-electron chi connectivity index (χ2n) is 7.84. The first-order valence-corrected chi connectivity index (χ1v) is 9.70. The second kappa shape index (κ2) is 11.3. The van der Waals surface area contributed by atoms with Gasteiger partial charge >= 0.3 is 6.09 Å². The number of rotatable bonds is 8. The van der Waals surface area contributed by atoms with Gasteiger partial charge in [-0.15, -0.1) is 0 Å². The molecule has 6 nitrogen and oxygen atoms in total. The van der Waals surface area contributed by atoms with Crippen LogP contribution >= 0.6 is 0 Å². The van der Waals surface area contributed by atoms with Gasteiger partial charge in [0.15, 0.2) is 0 Å². The maximum atomic E-state index is 12.4. The SMILES string of the molecule is CC(C)(C)OC(=O)NCCCCN(C(=O)CCO)C1CCCCCC1. The van der Waals surface area contributed by atoms with Crippen LogP contribution in [0.3, 0.4) is 0 Å². The van der Waals surface area contributed by atoms with Crippen molar-refractivity contribution in [2.45, 2.75) is 90.2 Å². The fraction of sp³-hybridized carbons (Fsp3) is 0.895. The van der Waals surface area contributed by atoms with Crippen molar-refractivity contribution in [3.63, 3.8) is 0 Å². The summed E-state index contributed by atoms with van der Waals surface area (Å²) in [7, 11) is 0. The Morgan fingerprint density at radius 3 is 2.32 bits per heavy atom. The average molecular weight is 357 g/mol. The van der Waals surface area contributed by atoms with E-state index in [0.29, 0.717) is 19.1 Å². The largest absolute Gasteiger partial charge is 0.444 e. The first kappa shape index (κ1) is 21.7. The molecular formula is C19H36N2O4. The van der Waals surface area contributed by atoms with Gasteiger partial charge in [-0.25, -0.2) is 4.79 Å². The molecule has 0 bridgehead atoms. The number of unbranched alkanes of at least 4 members (excludes halogenated alkanes) is 1. The number of nitrogens with zero attached hydrogens (tertiary/aromatic N) is 1. The molecule has 0 radical (unpaired) electrons. The molecule has 0 aliphatic heterocycles. The molecule has 0 spiro atoms. The minimum absolute atomic E-state index is 0.0505. The van der Waals surface area contributed by atoms with E-state index in [1.54, 1.807) is 0 Å². The van der Waals surface area contributed by atoms with Gasteiger partial charge in [-0.3, -0.25) is 4.79 Å². The molecule has 0 saturated heterocycles. The summed E-state index contributed by atoms with van der Waals surface area (Å²) < 4.78 is 5.20. The Balaban J connectivity index is 2.37. The highest BCUT2D eigenvalue weighted by Crippen LogP contribution is 2.23. The fourth-order valence-electron chi connectivity index (χ4n) is 3.23. The number of aliphatic hydroxyl groups is 1. The molecule has 2 amide bonds. The molecule has 146 valence electrons. The van der Waals surface area contributed by atoms with Crippen LogP contribution in [-0.2, 0) is 9.53 Å². The van der Waals surface area contributed by atoms with Crippen LogP contribution in [0.15, 0.2) is 0 Å². The van der Waals surface area contributed by atoms with Crippen molar-refractivity contribution in [3.05, 3.63) is 0 Å². The number of carbonyl (C=O) groups excluding carboxylic acids is 2. The lowest BCUT2D eigenvalue weighted by Gasteiger charge is -2.31. The van der Waals surface area contributed by atoms with Crippen LogP contribution < -0.4 is 5.32 Å². The molecule has 1 fully saturated rings. The van der Waals surface area contributed by atoms with Crippen molar-refractivity contribution in [2.75, 3.05) is 19.7 Å². The van der Waals surface area contributed by atoms with Crippen LogP contribution in [0.1, 0.15) is 78.6 Å². The van der Waals surface area contributed by atoms with Gasteiger partial charge in [0.2, 0.25) is 5.91 Å². The first-order chi connectivity index (χ1) is 11.8. The Morgan fingerprint density at radius 2 is 1.76 bits per heavy atom. The van der Waals surface area contributed by atoms with Crippen molar-refractivity contribution < 1.29 is 19.4 Å². The second-order valence-corrected chi connectivity index (χ2v) is 7.84. The van der Waals surface area contributed by atoms with Crippen LogP contribution in [0.25, 0.3) is 0 Å². The maximum Gasteiger partial charge on any atom is 0.407 e. The summed E-state index contributed by atoms with van der Waals surface area (Å²) in [6, 6.07) is 0.306. The van der Waals surface area contributed by atoms with E-state index in [-0.39, 0.29) is 18.9 Å². The van der Waals surface area contributed by atoms with E-state index < -0.39 is 11.7 Å². The van der Waals surface area contributed by atoms with Crippen LogP contribution in [0.5, 0.6) is 0 Å². The van der Waals surface area contributed by atoms with E-state index in [9.17, 15) is 9.59 Å². The lowest BCUT2D eigenvalue weighted by Crippen LogP contribution is -2.41. The Kier molecular flexibility index (Phi) is 9.86. The van der Waals surface area contributed by atoms with E-state index in [1.807, 2.05) is 25.7 Å². The fourth-order valence-corrected chi connectivity index (χ4v) is 3.23. The summed E-state index contributed by atoms with van der Waals surface area (Å²) >= 11 is 0. The summed E-state index contributed by atoms with van der Waals surface area (Å²) in [6.45, 7) is 6.65. The van der Waals surface area contributed by atoms with E-state index in [4.69, 9.17) is 9.84 Å². The predicted octanol–water partition coefficient (Wildman–Crippen LogP) is 3.23. The summed E-state index contributed by atoms with van der Waals surface area (Å²) in [4.78, 5) is 25.9.